The number of hydrogen-bond acceptors (Lipinski definition) is 8. The molecule has 0 aliphatic carbocycles. The number of rotatable bonds is 11. The third-order valence-electron chi connectivity index (χ3n) is 6.39. The number of fused-ring (bicyclic) bond motifs is 1. The van der Waals surface area contributed by atoms with E-state index in [1.165, 1.54) is 30.7 Å². The van der Waals surface area contributed by atoms with Crippen LogP contribution in [0, 0.1) is 0 Å². The maximum absolute atomic E-state index is 13.9. The van der Waals surface area contributed by atoms with Crippen LogP contribution < -0.4 is 23.7 Å². The summed E-state index contributed by atoms with van der Waals surface area (Å²) in [6.45, 7) is 4.19. The second-order valence-electron chi connectivity index (χ2n) is 9.52. The van der Waals surface area contributed by atoms with Crippen molar-refractivity contribution in [3.8, 4) is 28.7 Å². The Balaban J connectivity index is 1.67. The lowest BCUT2D eigenvalue weighted by Crippen LogP contribution is -2.33. The lowest BCUT2D eigenvalue weighted by atomic mass is 10.1. The molecule has 10 heteroatoms. The average molecular weight is 555 g/mol. The molecule has 0 radical (unpaired) electrons. The summed E-state index contributed by atoms with van der Waals surface area (Å²) in [5.41, 5.74) is 1.73. The highest BCUT2D eigenvalue weighted by Crippen LogP contribution is 2.33. The minimum Gasteiger partial charge on any atom is -0.493 e. The molecule has 9 nitrogen and oxygen atoms in total. The number of hydrogen-bond donors (Lipinski definition) is 0. The zero-order valence-corrected chi connectivity index (χ0v) is 23.9. The second-order valence-corrected chi connectivity index (χ2v) is 11.5. The molecule has 39 heavy (non-hydrogen) atoms. The minimum atomic E-state index is -3.94. The molecule has 0 fully saturated rings. The van der Waals surface area contributed by atoms with Crippen molar-refractivity contribution in [2.75, 3.05) is 35.0 Å². The molecule has 2 aromatic carbocycles. The Bertz CT molecular complexity index is 1470. The molecule has 0 amide bonds. The number of benzene rings is 2. The molecule has 0 atom stereocenters. The van der Waals surface area contributed by atoms with Gasteiger partial charge in [-0.1, -0.05) is 6.07 Å². The first kappa shape index (κ1) is 28.3. The van der Waals surface area contributed by atoms with Gasteiger partial charge in [0.25, 0.3) is 0 Å². The molecule has 0 unspecified atom stereocenters. The van der Waals surface area contributed by atoms with Crippen molar-refractivity contribution in [1.29, 1.82) is 0 Å². The summed E-state index contributed by atoms with van der Waals surface area (Å²) < 4.78 is 56.7. The van der Waals surface area contributed by atoms with Gasteiger partial charge in [-0.05, 0) is 74.4 Å². The van der Waals surface area contributed by atoms with Crippen molar-refractivity contribution in [3.05, 3.63) is 71.6 Å². The van der Waals surface area contributed by atoms with Crippen LogP contribution in [0.15, 0.2) is 59.5 Å². The van der Waals surface area contributed by atoms with Crippen molar-refractivity contribution >= 4 is 16.1 Å². The van der Waals surface area contributed by atoms with E-state index in [-0.39, 0.29) is 18.0 Å². The zero-order valence-electron chi connectivity index (χ0n) is 23.1. The molecule has 1 aromatic heterocycles. The normalized spacial score (nSPS) is 13.9. The quantitative estimate of drug-likeness (QED) is 0.336. The molecule has 0 spiro atoms. The van der Waals surface area contributed by atoms with Gasteiger partial charge in [-0.2, -0.15) is 4.31 Å². The number of aromatic nitrogens is 1. The van der Waals surface area contributed by atoms with E-state index in [0.717, 1.165) is 5.56 Å². The van der Waals surface area contributed by atoms with Crippen LogP contribution in [-0.2, 0) is 23.0 Å². The molecule has 0 N–H and O–H groups in total. The fourth-order valence-corrected chi connectivity index (χ4v) is 5.70. The number of sulfonamides is 1. The molecule has 4 rings (SSSR count). The SMILES string of the molecule is COc1ccc(CCN(Cc2ccc3c(n2)C=CC(C)(C)O3)S(=O)(=O)c2ccc(OC)c(OC)c2)cc1OC. The van der Waals surface area contributed by atoms with Crippen LogP contribution in [0.3, 0.4) is 0 Å². The molecule has 1 aliphatic rings. The van der Waals surface area contributed by atoms with E-state index < -0.39 is 15.6 Å². The predicted molar refractivity (Wildman–Crippen MR) is 148 cm³/mol. The summed E-state index contributed by atoms with van der Waals surface area (Å²) >= 11 is 0. The van der Waals surface area contributed by atoms with Gasteiger partial charge in [0.1, 0.15) is 17.0 Å². The Labute approximate surface area is 230 Å². The number of nitrogens with zero attached hydrogens (tertiary/aromatic N) is 2. The summed E-state index contributed by atoms with van der Waals surface area (Å²) in [6.07, 6.45) is 4.27. The Kier molecular flexibility index (Phi) is 8.36. The summed E-state index contributed by atoms with van der Waals surface area (Å²) in [5.74, 6) is 2.61. The molecular weight excluding hydrogens is 520 g/mol. The first-order chi connectivity index (χ1) is 18.6. The van der Waals surface area contributed by atoms with Crippen molar-refractivity contribution in [1.82, 2.24) is 9.29 Å². The van der Waals surface area contributed by atoms with Gasteiger partial charge in [0.05, 0.1) is 45.6 Å². The van der Waals surface area contributed by atoms with Crippen LogP contribution in [0.2, 0.25) is 0 Å². The highest BCUT2D eigenvalue weighted by atomic mass is 32.2. The molecule has 0 bridgehead atoms. The van der Waals surface area contributed by atoms with Crippen LogP contribution >= 0.6 is 0 Å². The van der Waals surface area contributed by atoms with Gasteiger partial charge in [-0.15, -0.1) is 0 Å². The van der Waals surface area contributed by atoms with Crippen LogP contribution in [0.4, 0.5) is 0 Å². The summed E-state index contributed by atoms with van der Waals surface area (Å²) in [6, 6.07) is 13.7. The molecule has 0 saturated heterocycles. The van der Waals surface area contributed by atoms with Gasteiger partial charge in [-0.25, -0.2) is 13.4 Å². The van der Waals surface area contributed by atoms with E-state index in [2.05, 4.69) is 0 Å². The Morgan fingerprint density at radius 1 is 0.846 bits per heavy atom. The number of ether oxygens (including phenoxy) is 5. The standard InChI is InChI=1S/C29H34N2O7S/c1-29(2)15-13-23-24(38-29)11-8-21(30-23)19-31(16-14-20-7-10-25(34-3)27(17-20)36-5)39(32,33)22-9-12-26(35-4)28(18-22)37-6/h7-13,15,17-18H,14,16,19H2,1-6H3. The van der Waals surface area contributed by atoms with Crippen LogP contribution in [0.5, 0.6) is 28.7 Å². The minimum absolute atomic E-state index is 0.0640. The largest absolute Gasteiger partial charge is 0.493 e. The van der Waals surface area contributed by atoms with Crippen LogP contribution in [0.25, 0.3) is 6.08 Å². The third kappa shape index (κ3) is 6.29. The Morgan fingerprint density at radius 3 is 2.15 bits per heavy atom. The maximum Gasteiger partial charge on any atom is 0.243 e. The average Bonchev–Trinajstić information content (AvgIpc) is 2.94. The van der Waals surface area contributed by atoms with Gasteiger partial charge < -0.3 is 23.7 Å². The lowest BCUT2D eigenvalue weighted by molar-refractivity contribution is 0.158. The highest BCUT2D eigenvalue weighted by molar-refractivity contribution is 7.89. The zero-order chi connectivity index (χ0) is 28.2. The molecule has 1 aliphatic heterocycles. The van der Waals surface area contributed by atoms with E-state index in [0.29, 0.717) is 46.6 Å². The van der Waals surface area contributed by atoms with E-state index in [4.69, 9.17) is 28.7 Å². The monoisotopic (exact) mass is 554 g/mol. The number of methoxy groups -OCH3 is 4. The van der Waals surface area contributed by atoms with E-state index in [9.17, 15) is 8.42 Å². The lowest BCUT2D eigenvalue weighted by Gasteiger charge is -2.28. The predicted octanol–water partition coefficient (Wildman–Crippen LogP) is 4.73. The summed E-state index contributed by atoms with van der Waals surface area (Å²) in [4.78, 5) is 4.79. The molecular formula is C29H34N2O7S. The molecule has 3 aromatic rings. The number of pyridine rings is 1. The first-order valence-electron chi connectivity index (χ1n) is 12.4. The highest BCUT2D eigenvalue weighted by Gasteiger charge is 2.28. The van der Waals surface area contributed by atoms with Crippen LogP contribution in [0.1, 0.15) is 30.8 Å². The van der Waals surface area contributed by atoms with Gasteiger partial charge in [0.2, 0.25) is 10.0 Å². The van der Waals surface area contributed by atoms with E-state index in [1.807, 2.05) is 44.2 Å². The van der Waals surface area contributed by atoms with Gasteiger partial charge in [0.15, 0.2) is 23.0 Å². The Hall–Kier alpha value is -3.76. The van der Waals surface area contributed by atoms with Gasteiger partial charge in [0, 0.05) is 12.6 Å². The van der Waals surface area contributed by atoms with Crippen molar-refractivity contribution in [2.45, 2.75) is 37.3 Å². The van der Waals surface area contributed by atoms with E-state index in [1.54, 1.807) is 32.4 Å². The topological polar surface area (TPSA) is 96.4 Å². The molecule has 2 heterocycles. The van der Waals surface area contributed by atoms with Crippen molar-refractivity contribution in [2.24, 2.45) is 0 Å². The van der Waals surface area contributed by atoms with Crippen molar-refractivity contribution < 1.29 is 32.1 Å². The van der Waals surface area contributed by atoms with Gasteiger partial charge >= 0.3 is 0 Å². The van der Waals surface area contributed by atoms with Crippen molar-refractivity contribution in [3.63, 3.8) is 0 Å². The van der Waals surface area contributed by atoms with Crippen LogP contribution in [-0.4, -0.2) is 58.3 Å². The molecule has 0 saturated carbocycles. The maximum atomic E-state index is 13.9. The smallest absolute Gasteiger partial charge is 0.243 e. The second kappa shape index (κ2) is 11.5. The summed E-state index contributed by atoms with van der Waals surface area (Å²) in [7, 11) is 2.17. The molecule has 208 valence electrons. The fourth-order valence-electron chi connectivity index (χ4n) is 4.28. The third-order valence-corrected chi connectivity index (χ3v) is 8.23. The fraction of sp³-hybridized carbons (Fsp3) is 0.345. The summed E-state index contributed by atoms with van der Waals surface area (Å²) in [5, 5.41) is 0. The van der Waals surface area contributed by atoms with E-state index >= 15 is 0 Å². The Morgan fingerprint density at radius 2 is 1.49 bits per heavy atom. The van der Waals surface area contributed by atoms with Gasteiger partial charge in [-0.3, -0.25) is 0 Å². The first-order valence-corrected chi connectivity index (χ1v) is 13.9.